The number of hydrogen-bond acceptors (Lipinski definition) is 3. The minimum Gasteiger partial charge on any atom is -0.198 e. The van der Waals surface area contributed by atoms with Crippen LogP contribution in [0, 0.1) is 0 Å². The summed E-state index contributed by atoms with van der Waals surface area (Å²) in [6, 6.07) is 8.06. The topological polar surface area (TPSA) is 49.4 Å². The van der Waals surface area contributed by atoms with Gasteiger partial charge in [0.15, 0.2) is 0 Å². The number of nitrogens with zero attached hydrogens (tertiary/aromatic N) is 1. The highest BCUT2D eigenvalue weighted by Gasteiger charge is 2.24. The second-order valence-corrected chi connectivity index (χ2v) is 7.36. The van der Waals surface area contributed by atoms with E-state index in [1.165, 1.54) is 9.01 Å². The van der Waals surface area contributed by atoms with E-state index < -0.39 is 10.2 Å². The van der Waals surface area contributed by atoms with Crippen LogP contribution < -0.4 is 4.72 Å². The van der Waals surface area contributed by atoms with Gasteiger partial charge in [-0.25, -0.2) is 0 Å². The van der Waals surface area contributed by atoms with Crippen LogP contribution in [0.4, 0.5) is 0 Å². The SMILES string of the molecule is O=S(=O)(NCc1csc2ccccc12)N1CCCC1. The summed E-state index contributed by atoms with van der Waals surface area (Å²) in [6.07, 6.45) is 1.92. The highest BCUT2D eigenvalue weighted by Crippen LogP contribution is 2.25. The first-order valence-corrected chi connectivity index (χ1v) is 8.69. The van der Waals surface area contributed by atoms with E-state index in [-0.39, 0.29) is 0 Å². The van der Waals surface area contributed by atoms with Crippen LogP contribution in [0.5, 0.6) is 0 Å². The van der Waals surface area contributed by atoms with Gasteiger partial charge >= 0.3 is 0 Å². The highest BCUT2D eigenvalue weighted by atomic mass is 32.2. The fourth-order valence-electron chi connectivity index (χ4n) is 2.36. The van der Waals surface area contributed by atoms with E-state index in [2.05, 4.69) is 10.8 Å². The Labute approximate surface area is 117 Å². The Kier molecular flexibility index (Phi) is 3.58. The Morgan fingerprint density at radius 2 is 1.95 bits per heavy atom. The van der Waals surface area contributed by atoms with Crippen LogP contribution in [-0.2, 0) is 16.8 Å². The molecule has 1 aromatic carbocycles. The molecule has 0 radical (unpaired) electrons. The fraction of sp³-hybridized carbons (Fsp3) is 0.385. The quantitative estimate of drug-likeness (QED) is 0.941. The average molecular weight is 296 g/mol. The summed E-state index contributed by atoms with van der Waals surface area (Å²) in [5.74, 6) is 0. The Morgan fingerprint density at radius 1 is 1.21 bits per heavy atom. The minimum atomic E-state index is -3.32. The molecule has 0 spiro atoms. The van der Waals surface area contributed by atoms with Crippen molar-refractivity contribution in [2.24, 2.45) is 0 Å². The molecule has 6 heteroatoms. The van der Waals surface area contributed by atoms with Gasteiger partial charge in [0.2, 0.25) is 0 Å². The van der Waals surface area contributed by atoms with Crippen molar-refractivity contribution in [2.45, 2.75) is 19.4 Å². The maximum atomic E-state index is 12.1. The summed E-state index contributed by atoms with van der Waals surface area (Å²) >= 11 is 1.65. The van der Waals surface area contributed by atoms with Crippen LogP contribution in [0.25, 0.3) is 10.1 Å². The van der Waals surface area contributed by atoms with Gasteiger partial charge in [-0.1, -0.05) is 18.2 Å². The van der Waals surface area contributed by atoms with Crippen molar-refractivity contribution in [3.63, 3.8) is 0 Å². The standard InChI is InChI=1S/C13H16N2O2S2/c16-19(17,15-7-3-4-8-15)14-9-11-10-18-13-6-2-1-5-12(11)13/h1-2,5-6,10,14H,3-4,7-9H2. The molecule has 0 amide bonds. The lowest BCUT2D eigenvalue weighted by molar-refractivity contribution is 0.465. The van der Waals surface area contributed by atoms with E-state index in [9.17, 15) is 8.42 Å². The second-order valence-electron chi connectivity index (χ2n) is 4.69. The molecule has 1 saturated heterocycles. The minimum absolute atomic E-state index is 0.364. The Hall–Kier alpha value is -0.950. The summed E-state index contributed by atoms with van der Waals surface area (Å²) in [7, 11) is -3.32. The van der Waals surface area contributed by atoms with Crippen molar-refractivity contribution in [3.05, 3.63) is 35.2 Å². The molecular formula is C13H16N2O2S2. The molecule has 0 atom stereocenters. The largest absolute Gasteiger partial charge is 0.279 e. The van der Waals surface area contributed by atoms with Crippen LogP contribution in [-0.4, -0.2) is 25.8 Å². The van der Waals surface area contributed by atoms with E-state index >= 15 is 0 Å². The number of benzene rings is 1. The van der Waals surface area contributed by atoms with Gasteiger partial charge < -0.3 is 0 Å². The summed E-state index contributed by atoms with van der Waals surface area (Å²) in [6.45, 7) is 1.64. The molecule has 102 valence electrons. The molecule has 0 aliphatic carbocycles. The third kappa shape index (κ3) is 2.67. The first-order valence-electron chi connectivity index (χ1n) is 6.37. The number of fused-ring (bicyclic) bond motifs is 1. The van der Waals surface area contributed by atoms with E-state index in [1.807, 2.05) is 23.6 Å². The molecule has 1 aromatic heterocycles. The predicted octanol–water partition coefficient (Wildman–Crippen LogP) is 2.33. The van der Waals surface area contributed by atoms with Crippen molar-refractivity contribution in [2.75, 3.05) is 13.1 Å². The number of nitrogens with one attached hydrogen (secondary N) is 1. The molecule has 1 aliphatic heterocycles. The van der Waals surface area contributed by atoms with Gasteiger partial charge in [-0.05, 0) is 35.2 Å². The molecule has 0 unspecified atom stereocenters. The van der Waals surface area contributed by atoms with Gasteiger partial charge in [0.1, 0.15) is 0 Å². The molecule has 1 aliphatic rings. The molecule has 3 rings (SSSR count). The monoisotopic (exact) mass is 296 g/mol. The van der Waals surface area contributed by atoms with E-state index in [0.717, 1.165) is 23.8 Å². The third-order valence-corrected chi connectivity index (χ3v) is 5.98. The zero-order valence-corrected chi connectivity index (χ0v) is 12.1. The number of hydrogen-bond donors (Lipinski definition) is 1. The molecule has 1 fully saturated rings. The maximum absolute atomic E-state index is 12.1. The summed E-state index contributed by atoms with van der Waals surface area (Å²) in [4.78, 5) is 0. The smallest absolute Gasteiger partial charge is 0.198 e. The Bertz CT molecular complexity index is 673. The predicted molar refractivity (Wildman–Crippen MR) is 78.4 cm³/mol. The maximum Gasteiger partial charge on any atom is 0.279 e. The van der Waals surface area contributed by atoms with Crippen molar-refractivity contribution in [3.8, 4) is 0 Å². The molecule has 0 saturated carbocycles. The molecule has 2 heterocycles. The van der Waals surface area contributed by atoms with Crippen LogP contribution >= 0.6 is 11.3 Å². The summed E-state index contributed by atoms with van der Waals surface area (Å²) in [5, 5.41) is 3.16. The zero-order valence-electron chi connectivity index (χ0n) is 10.5. The van der Waals surface area contributed by atoms with Gasteiger partial charge in [0.25, 0.3) is 10.2 Å². The van der Waals surface area contributed by atoms with Crippen molar-refractivity contribution in [1.82, 2.24) is 9.03 Å². The molecule has 19 heavy (non-hydrogen) atoms. The van der Waals surface area contributed by atoms with Crippen LogP contribution in [0.2, 0.25) is 0 Å². The molecule has 4 nitrogen and oxygen atoms in total. The van der Waals surface area contributed by atoms with Crippen LogP contribution in [0.3, 0.4) is 0 Å². The lowest BCUT2D eigenvalue weighted by Gasteiger charge is -2.15. The van der Waals surface area contributed by atoms with Gasteiger partial charge in [0, 0.05) is 24.3 Å². The first-order chi connectivity index (χ1) is 9.17. The summed E-state index contributed by atoms with van der Waals surface area (Å²) < 4.78 is 29.6. The van der Waals surface area contributed by atoms with E-state index in [1.54, 1.807) is 11.3 Å². The fourth-order valence-corrected chi connectivity index (χ4v) is 4.58. The van der Waals surface area contributed by atoms with Crippen LogP contribution in [0.1, 0.15) is 18.4 Å². The van der Waals surface area contributed by atoms with Gasteiger partial charge in [-0.2, -0.15) is 17.4 Å². The molecule has 0 bridgehead atoms. The Balaban J connectivity index is 1.75. The lowest BCUT2D eigenvalue weighted by atomic mass is 10.2. The first kappa shape index (κ1) is 13.1. The molecule has 2 aromatic rings. The summed E-state index contributed by atoms with van der Waals surface area (Å²) in [5.41, 5.74) is 1.04. The number of rotatable bonds is 4. The van der Waals surface area contributed by atoms with Crippen molar-refractivity contribution >= 4 is 31.6 Å². The highest BCUT2D eigenvalue weighted by molar-refractivity contribution is 7.87. The second kappa shape index (κ2) is 5.20. The molecular weight excluding hydrogens is 280 g/mol. The Morgan fingerprint density at radius 3 is 2.74 bits per heavy atom. The van der Waals surface area contributed by atoms with E-state index in [0.29, 0.717) is 19.6 Å². The lowest BCUT2D eigenvalue weighted by Crippen LogP contribution is -2.38. The van der Waals surface area contributed by atoms with Crippen molar-refractivity contribution in [1.29, 1.82) is 0 Å². The zero-order chi connectivity index (χ0) is 13.3. The van der Waals surface area contributed by atoms with Crippen molar-refractivity contribution < 1.29 is 8.42 Å². The van der Waals surface area contributed by atoms with E-state index in [4.69, 9.17) is 0 Å². The number of thiophene rings is 1. The normalized spacial score (nSPS) is 17.3. The van der Waals surface area contributed by atoms with Gasteiger partial charge in [0.05, 0.1) is 0 Å². The molecule has 1 N–H and O–H groups in total. The van der Waals surface area contributed by atoms with Gasteiger partial charge in [-0.3, -0.25) is 0 Å². The van der Waals surface area contributed by atoms with Crippen LogP contribution in [0.15, 0.2) is 29.6 Å². The average Bonchev–Trinajstić information content (AvgIpc) is 3.07. The van der Waals surface area contributed by atoms with Gasteiger partial charge in [-0.15, -0.1) is 11.3 Å². The third-order valence-electron chi connectivity index (χ3n) is 3.41.